The van der Waals surface area contributed by atoms with Gasteiger partial charge in [0.05, 0.1) is 4.92 Å². The molecule has 0 amide bonds. The van der Waals surface area contributed by atoms with Gasteiger partial charge in [-0.25, -0.2) is 4.68 Å². The maximum absolute atomic E-state index is 11.3. The van der Waals surface area contributed by atoms with Crippen LogP contribution in [-0.2, 0) is 7.05 Å². The SMILES string of the molecule is CNCC1CCCCN1c1c([N+](=O)[O-])c(C)nn1C. The molecule has 0 radical (unpaired) electrons. The summed E-state index contributed by atoms with van der Waals surface area (Å²) in [6, 6.07) is 0.298. The minimum absolute atomic E-state index is 0.144. The first kappa shape index (κ1) is 13.8. The van der Waals surface area contributed by atoms with Crippen molar-refractivity contribution in [1.82, 2.24) is 15.1 Å². The van der Waals surface area contributed by atoms with Crippen LogP contribution >= 0.6 is 0 Å². The van der Waals surface area contributed by atoms with Crippen molar-refractivity contribution in [3.63, 3.8) is 0 Å². The van der Waals surface area contributed by atoms with Crippen LogP contribution in [0, 0.1) is 17.0 Å². The number of hydrogen-bond acceptors (Lipinski definition) is 5. The van der Waals surface area contributed by atoms with E-state index in [1.165, 1.54) is 6.42 Å². The third-order valence-electron chi connectivity index (χ3n) is 3.68. The van der Waals surface area contributed by atoms with Crippen molar-refractivity contribution >= 4 is 11.5 Å². The molecule has 1 atom stereocenters. The molecule has 7 nitrogen and oxygen atoms in total. The van der Waals surface area contributed by atoms with E-state index >= 15 is 0 Å². The van der Waals surface area contributed by atoms with Gasteiger partial charge in [-0.05, 0) is 33.2 Å². The molecule has 0 aromatic carbocycles. The van der Waals surface area contributed by atoms with Gasteiger partial charge in [0.15, 0.2) is 0 Å². The molecular formula is C12H21N5O2. The van der Waals surface area contributed by atoms with Gasteiger partial charge >= 0.3 is 5.69 Å². The molecule has 1 N–H and O–H groups in total. The molecule has 1 unspecified atom stereocenters. The Morgan fingerprint density at radius 1 is 1.53 bits per heavy atom. The van der Waals surface area contributed by atoms with Gasteiger partial charge in [0, 0.05) is 26.2 Å². The quantitative estimate of drug-likeness (QED) is 0.655. The number of likely N-dealkylation sites (N-methyl/N-ethyl adjacent to an activating group) is 1. The molecule has 2 heterocycles. The van der Waals surface area contributed by atoms with E-state index in [1.807, 2.05) is 7.05 Å². The number of nitro groups is 1. The summed E-state index contributed by atoms with van der Waals surface area (Å²) in [6.07, 6.45) is 3.30. The Morgan fingerprint density at radius 3 is 2.89 bits per heavy atom. The van der Waals surface area contributed by atoms with Crippen LogP contribution in [0.25, 0.3) is 0 Å². The van der Waals surface area contributed by atoms with Crippen LogP contribution in [0.2, 0.25) is 0 Å². The number of nitrogens with one attached hydrogen (secondary N) is 1. The second kappa shape index (κ2) is 5.56. The van der Waals surface area contributed by atoms with Crippen molar-refractivity contribution in [3.8, 4) is 0 Å². The van der Waals surface area contributed by atoms with E-state index in [0.717, 1.165) is 25.9 Å². The van der Waals surface area contributed by atoms with Gasteiger partial charge in [-0.2, -0.15) is 5.10 Å². The predicted molar refractivity (Wildman–Crippen MR) is 73.5 cm³/mol. The molecule has 1 aromatic heterocycles. The molecule has 0 spiro atoms. The molecule has 1 aliphatic heterocycles. The molecule has 0 aliphatic carbocycles. The lowest BCUT2D eigenvalue weighted by Gasteiger charge is -2.36. The fourth-order valence-electron chi connectivity index (χ4n) is 2.90. The first-order valence-electron chi connectivity index (χ1n) is 6.65. The summed E-state index contributed by atoms with van der Waals surface area (Å²) in [5.74, 6) is 0.641. The van der Waals surface area contributed by atoms with E-state index in [9.17, 15) is 10.1 Å². The van der Waals surface area contributed by atoms with E-state index < -0.39 is 0 Å². The highest BCUT2D eigenvalue weighted by molar-refractivity contribution is 5.62. The molecule has 106 valence electrons. The number of nitrogens with zero attached hydrogens (tertiary/aromatic N) is 4. The number of rotatable bonds is 4. The molecule has 0 bridgehead atoms. The maximum Gasteiger partial charge on any atom is 0.333 e. The number of aryl methyl sites for hydroxylation is 2. The average molecular weight is 267 g/mol. The monoisotopic (exact) mass is 267 g/mol. The van der Waals surface area contributed by atoms with Crippen molar-refractivity contribution in [1.29, 1.82) is 0 Å². The van der Waals surface area contributed by atoms with Crippen LogP contribution in [0.3, 0.4) is 0 Å². The highest BCUT2D eigenvalue weighted by atomic mass is 16.6. The second-order valence-corrected chi connectivity index (χ2v) is 5.04. The zero-order valence-electron chi connectivity index (χ0n) is 11.7. The van der Waals surface area contributed by atoms with Gasteiger partial charge in [-0.1, -0.05) is 0 Å². The number of aromatic nitrogens is 2. The van der Waals surface area contributed by atoms with Crippen LogP contribution in [0.5, 0.6) is 0 Å². The summed E-state index contributed by atoms with van der Waals surface area (Å²) in [6.45, 7) is 3.38. The van der Waals surface area contributed by atoms with Crippen molar-refractivity contribution < 1.29 is 4.92 Å². The van der Waals surface area contributed by atoms with E-state index in [1.54, 1.807) is 18.7 Å². The minimum Gasteiger partial charge on any atom is -0.347 e. The highest BCUT2D eigenvalue weighted by Gasteiger charge is 2.33. The van der Waals surface area contributed by atoms with E-state index in [-0.39, 0.29) is 10.6 Å². The lowest BCUT2D eigenvalue weighted by molar-refractivity contribution is -0.384. The van der Waals surface area contributed by atoms with Crippen molar-refractivity contribution in [2.75, 3.05) is 25.0 Å². The zero-order chi connectivity index (χ0) is 14.0. The summed E-state index contributed by atoms with van der Waals surface area (Å²) in [7, 11) is 3.69. The van der Waals surface area contributed by atoms with Crippen LogP contribution in [0.1, 0.15) is 25.0 Å². The van der Waals surface area contributed by atoms with Gasteiger partial charge in [0.25, 0.3) is 0 Å². The summed E-state index contributed by atoms with van der Waals surface area (Å²) < 4.78 is 1.64. The Kier molecular flexibility index (Phi) is 4.04. The number of hydrogen-bond donors (Lipinski definition) is 1. The molecule has 0 saturated carbocycles. The zero-order valence-corrected chi connectivity index (χ0v) is 11.7. The van der Waals surface area contributed by atoms with Crippen molar-refractivity contribution in [2.45, 2.75) is 32.2 Å². The maximum atomic E-state index is 11.3. The van der Waals surface area contributed by atoms with Gasteiger partial charge in [-0.15, -0.1) is 0 Å². The topological polar surface area (TPSA) is 76.2 Å². The summed E-state index contributed by atoms with van der Waals surface area (Å²) in [4.78, 5) is 13.1. The first-order valence-corrected chi connectivity index (χ1v) is 6.65. The third-order valence-corrected chi connectivity index (χ3v) is 3.68. The van der Waals surface area contributed by atoms with E-state index in [2.05, 4.69) is 15.3 Å². The van der Waals surface area contributed by atoms with Crippen molar-refractivity contribution in [3.05, 3.63) is 15.8 Å². The summed E-state index contributed by atoms with van der Waals surface area (Å²) in [5, 5.41) is 18.7. The van der Waals surface area contributed by atoms with E-state index in [4.69, 9.17) is 0 Å². The number of anilines is 1. The lowest BCUT2D eigenvalue weighted by atomic mass is 10.0. The molecule has 1 saturated heterocycles. The predicted octanol–water partition coefficient (Wildman–Crippen LogP) is 1.22. The van der Waals surface area contributed by atoms with Gasteiger partial charge < -0.3 is 10.2 Å². The molecular weight excluding hydrogens is 246 g/mol. The Balaban J connectivity index is 2.41. The Labute approximate surface area is 112 Å². The van der Waals surface area contributed by atoms with Gasteiger partial charge in [0.1, 0.15) is 5.69 Å². The summed E-state index contributed by atoms with van der Waals surface area (Å²) >= 11 is 0. The Bertz CT molecular complexity index is 469. The average Bonchev–Trinajstić information content (AvgIpc) is 2.65. The lowest BCUT2D eigenvalue weighted by Crippen LogP contribution is -2.46. The summed E-state index contributed by atoms with van der Waals surface area (Å²) in [5.41, 5.74) is 0.627. The van der Waals surface area contributed by atoms with Crippen LogP contribution in [0.4, 0.5) is 11.5 Å². The Morgan fingerprint density at radius 2 is 2.26 bits per heavy atom. The second-order valence-electron chi connectivity index (χ2n) is 5.04. The molecule has 1 fully saturated rings. The highest BCUT2D eigenvalue weighted by Crippen LogP contribution is 2.34. The number of piperidine rings is 1. The smallest absolute Gasteiger partial charge is 0.333 e. The van der Waals surface area contributed by atoms with Crippen LogP contribution in [0.15, 0.2) is 0 Å². The molecule has 1 aliphatic rings. The normalized spacial score (nSPS) is 19.7. The van der Waals surface area contributed by atoms with Gasteiger partial charge in [0.2, 0.25) is 5.82 Å². The fourth-order valence-corrected chi connectivity index (χ4v) is 2.90. The minimum atomic E-state index is -0.317. The molecule has 7 heteroatoms. The van der Waals surface area contributed by atoms with E-state index in [0.29, 0.717) is 17.6 Å². The Hall–Kier alpha value is -1.63. The molecule has 2 rings (SSSR count). The third kappa shape index (κ3) is 2.56. The standard InChI is InChI=1S/C12H21N5O2/c1-9-11(17(18)19)12(15(3)14-9)16-7-5-4-6-10(16)8-13-2/h10,13H,4-8H2,1-3H3. The van der Waals surface area contributed by atoms with Gasteiger partial charge in [-0.3, -0.25) is 10.1 Å². The van der Waals surface area contributed by atoms with Crippen LogP contribution in [-0.4, -0.2) is 40.9 Å². The molecule has 19 heavy (non-hydrogen) atoms. The van der Waals surface area contributed by atoms with Crippen molar-refractivity contribution in [2.24, 2.45) is 7.05 Å². The molecule has 1 aromatic rings. The van der Waals surface area contributed by atoms with Crippen LogP contribution < -0.4 is 10.2 Å². The first-order chi connectivity index (χ1) is 9.06. The largest absolute Gasteiger partial charge is 0.347 e. The fraction of sp³-hybridized carbons (Fsp3) is 0.750.